The molecule has 1 aromatic carbocycles. The van der Waals surface area contributed by atoms with Crippen LogP contribution in [0.2, 0.25) is 0 Å². The molecule has 5 aliphatic rings. The lowest BCUT2D eigenvalue weighted by atomic mass is 9.49. The maximum absolute atomic E-state index is 13.4. The Kier molecular flexibility index (Phi) is 6.41. The number of hydrazine groups is 1. The number of hydrogen-bond acceptors (Lipinski definition) is 6. The summed E-state index contributed by atoms with van der Waals surface area (Å²) in [6.07, 6.45) is 8.41. The van der Waals surface area contributed by atoms with Crippen molar-refractivity contribution in [3.63, 3.8) is 0 Å². The lowest BCUT2D eigenvalue weighted by Crippen LogP contribution is -2.57. The Hall–Kier alpha value is -1.33. The van der Waals surface area contributed by atoms with Gasteiger partial charge in [0.05, 0.1) is 27.6 Å². The van der Waals surface area contributed by atoms with Crippen molar-refractivity contribution in [3.8, 4) is 11.5 Å². The quantitative estimate of drug-likeness (QED) is 0.278. The summed E-state index contributed by atoms with van der Waals surface area (Å²) in [4.78, 5) is 27.1. The number of carbonyl (C=O) groups is 2. The van der Waals surface area contributed by atoms with Crippen molar-refractivity contribution >= 4 is 68.8 Å². The fraction of sp³-hybridized carbons (Fsp3) is 0.542. The minimum absolute atomic E-state index is 0.0311. The molecule has 1 aliphatic heterocycles. The molecule has 6 nitrogen and oxygen atoms in total. The van der Waals surface area contributed by atoms with E-state index in [9.17, 15) is 9.59 Å². The number of benzene rings is 1. The van der Waals surface area contributed by atoms with Gasteiger partial charge in [-0.1, -0.05) is 11.8 Å². The van der Waals surface area contributed by atoms with Crippen LogP contribution in [0.3, 0.4) is 0 Å². The van der Waals surface area contributed by atoms with Gasteiger partial charge in [0, 0.05) is 0 Å². The summed E-state index contributed by atoms with van der Waals surface area (Å²) in [5.41, 5.74) is 3.39. The van der Waals surface area contributed by atoms with Gasteiger partial charge in [-0.3, -0.25) is 15.0 Å². The summed E-state index contributed by atoms with van der Waals surface area (Å²) in [6, 6.07) is 3.78. The third kappa shape index (κ3) is 4.29. The van der Waals surface area contributed by atoms with Crippen LogP contribution in [0, 0.1) is 26.7 Å². The highest BCUT2D eigenvalue weighted by Gasteiger charge is 2.55. The number of hydrogen-bond donors (Lipinski definition) is 1. The van der Waals surface area contributed by atoms with E-state index in [2.05, 4.69) is 28.0 Å². The summed E-state index contributed by atoms with van der Waals surface area (Å²) in [6.45, 7) is 2.46. The van der Waals surface area contributed by atoms with Gasteiger partial charge in [0.1, 0.15) is 0 Å². The zero-order valence-electron chi connectivity index (χ0n) is 18.7. The van der Waals surface area contributed by atoms with Gasteiger partial charge in [-0.05, 0) is 122 Å². The molecule has 0 atom stereocenters. The monoisotopic (exact) mass is 598 g/mol. The number of rotatable bonds is 6. The standard InChI is InChI=1S/C24H27IN2O4S2/c1-3-31-20-17(25)7-13(8-18(20)30-2)9-19-21(28)27(23(32)33-19)26-22(29)24-10-14-4-15(11-24)6-16(5-14)12-24/h7-9,14-16H,3-6,10-12H2,1-2H3,(H,26,29)/b19-9+. The van der Waals surface area contributed by atoms with E-state index in [0.29, 0.717) is 45.1 Å². The second-order valence-electron chi connectivity index (χ2n) is 9.62. The summed E-state index contributed by atoms with van der Waals surface area (Å²) in [5, 5.41) is 1.27. The van der Waals surface area contributed by atoms with Crippen LogP contribution < -0.4 is 14.9 Å². The van der Waals surface area contributed by atoms with E-state index < -0.39 is 0 Å². The molecular formula is C24H27IN2O4S2. The fourth-order valence-electron chi connectivity index (χ4n) is 6.43. The highest BCUT2D eigenvalue weighted by atomic mass is 127. The van der Waals surface area contributed by atoms with Gasteiger partial charge in [0.25, 0.3) is 5.91 Å². The number of nitrogens with zero attached hydrogens (tertiary/aromatic N) is 1. The molecule has 2 amide bonds. The van der Waals surface area contributed by atoms with Crippen LogP contribution in [0.5, 0.6) is 11.5 Å². The van der Waals surface area contributed by atoms with E-state index in [1.54, 1.807) is 13.2 Å². The largest absolute Gasteiger partial charge is 0.493 e. The molecule has 0 radical (unpaired) electrons. The maximum Gasteiger partial charge on any atom is 0.285 e. The van der Waals surface area contributed by atoms with Crippen LogP contribution in [0.25, 0.3) is 6.08 Å². The van der Waals surface area contributed by atoms with Crippen LogP contribution in [-0.2, 0) is 9.59 Å². The smallest absolute Gasteiger partial charge is 0.285 e. The summed E-state index contributed by atoms with van der Waals surface area (Å²) in [5.74, 6) is 2.96. The molecule has 0 unspecified atom stereocenters. The molecule has 1 N–H and O–H groups in total. The summed E-state index contributed by atoms with van der Waals surface area (Å²) >= 11 is 8.88. The third-order valence-corrected chi connectivity index (χ3v) is 9.47. The Labute approximate surface area is 217 Å². The normalized spacial score (nSPS) is 31.4. The van der Waals surface area contributed by atoms with Crippen LogP contribution >= 0.6 is 46.6 Å². The van der Waals surface area contributed by atoms with E-state index in [4.69, 9.17) is 21.7 Å². The first-order valence-electron chi connectivity index (χ1n) is 11.4. The topological polar surface area (TPSA) is 67.9 Å². The molecule has 33 heavy (non-hydrogen) atoms. The van der Waals surface area contributed by atoms with Crippen molar-refractivity contribution in [2.75, 3.05) is 13.7 Å². The van der Waals surface area contributed by atoms with E-state index >= 15 is 0 Å². The maximum atomic E-state index is 13.4. The lowest BCUT2D eigenvalue weighted by Gasteiger charge is -2.55. The SMILES string of the molecule is CCOc1c(I)cc(/C=C2/SC(=S)N(NC(=O)C34CC5CC(CC(C5)C3)C4)C2=O)cc1OC. The highest BCUT2D eigenvalue weighted by Crippen LogP contribution is 2.60. The van der Waals surface area contributed by atoms with Crippen LogP contribution in [0.4, 0.5) is 0 Å². The first kappa shape index (κ1) is 23.4. The second kappa shape index (κ2) is 9.03. The number of methoxy groups -OCH3 is 1. The van der Waals surface area contributed by atoms with Crippen LogP contribution in [-0.4, -0.2) is 34.9 Å². The second-order valence-corrected chi connectivity index (χ2v) is 12.5. The minimum atomic E-state index is -0.333. The summed E-state index contributed by atoms with van der Waals surface area (Å²) < 4.78 is 12.4. The molecule has 0 aromatic heterocycles. The Morgan fingerprint density at radius 3 is 2.48 bits per heavy atom. The van der Waals surface area contributed by atoms with Gasteiger partial charge >= 0.3 is 0 Å². The molecule has 1 saturated heterocycles. The van der Waals surface area contributed by atoms with Gasteiger partial charge in [0.15, 0.2) is 15.8 Å². The Morgan fingerprint density at radius 2 is 1.91 bits per heavy atom. The molecule has 9 heteroatoms. The molecule has 5 fully saturated rings. The lowest BCUT2D eigenvalue weighted by molar-refractivity contribution is -0.152. The van der Waals surface area contributed by atoms with E-state index in [1.165, 1.54) is 36.0 Å². The predicted octanol–water partition coefficient (Wildman–Crippen LogP) is 5.15. The van der Waals surface area contributed by atoms with Gasteiger partial charge in [-0.2, -0.15) is 5.01 Å². The van der Waals surface area contributed by atoms with E-state index in [1.807, 2.05) is 19.1 Å². The van der Waals surface area contributed by atoms with E-state index in [-0.39, 0.29) is 17.2 Å². The number of thioether (sulfide) groups is 1. The van der Waals surface area contributed by atoms with Crippen LogP contribution in [0.15, 0.2) is 17.0 Å². The van der Waals surface area contributed by atoms with Crippen molar-refractivity contribution in [2.24, 2.45) is 23.2 Å². The minimum Gasteiger partial charge on any atom is -0.493 e. The fourth-order valence-corrected chi connectivity index (χ4v) is 8.39. The van der Waals surface area contributed by atoms with Crippen molar-refractivity contribution in [1.29, 1.82) is 0 Å². The zero-order chi connectivity index (χ0) is 23.3. The molecule has 1 aromatic rings. The third-order valence-electron chi connectivity index (χ3n) is 7.37. The number of amides is 2. The average molecular weight is 599 g/mol. The van der Waals surface area contributed by atoms with Crippen molar-refractivity contribution in [3.05, 3.63) is 26.2 Å². The number of halogens is 1. The Morgan fingerprint density at radius 1 is 1.27 bits per heavy atom. The Bertz CT molecular complexity index is 1020. The molecular weight excluding hydrogens is 571 g/mol. The van der Waals surface area contributed by atoms with Crippen molar-refractivity contribution < 1.29 is 19.1 Å². The number of nitrogens with one attached hydrogen (secondary N) is 1. The summed E-state index contributed by atoms with van der Waals surface area (Å²) in [7, 11) is 1.59. The predicted molar refractivity (Wildman–Crippen MR) is 141 cm³/mol. The van der Waals surface area contributed by atoms with Gasteiger partial charge in [0.2, 0.25) is 5.91 Å². The van der Waals surface area contributed by atoms with Crippen LogP contribution in [0.1, 0.15) is 51.0 Å². The van der Waals surface area contributed by atoms with E-state index in [0.717, 1.165) is 28.4 Å². The van der Waals surface area contributed by atoms with Crippen molar-refractivity contribution in [2.45, 2.75) is 45.4 Å². The van der Waals surface area contributed by atoms with Gasteiger partial charge in [-0.15, -0.1) is 0 Å². The molecule has 6 rings (SSSR count). The number of carbonyl (C=O) groups excluding carboxylic acids is 2. The average Bonchev–Trinajstić information content (AvgIpc) is 3.01. The molecule has 1 heterocycles. The van der Waals surface area contributed by atoms with Crippen molar-refractivity contribution in [1.82, 2.24) is 10.4 Å². The molecule has 176 valence electrons. The highest BCUT2D eigenvalue weighted by molar-refractivity contribution is 14.1. The molecule has 4 aliphatic carbocycles. The molecule has 4 bridgehead atoms. The zero-order valence-corrected chi connectivity index (χ0v) is 22.5. The van der Waals surface area contributed by atoms with Gasteiger partial charge < -0.3 is 9.47 Å². The first-order chi connectivity index (χ1) is 15.8. The number of thiocarbonyl (C=S) groups is 1. The molecule has 0 spiro atoms. The first-order valence-corrected chi connectivity index (χ1v) is 13.7. The number of ether oxygens (including phenoxy) is 2. The van der Waals surface area contributed by atoms with Gasteiger partial charge in [-0.25, -0.2) is 0 Å². The molecule has 4 saturated carbocycles. The Balaban J connectivity index is 1.34.